The first kappa shape index (κ1) is 13.3. The van der Waals surface area contributed by atoms with E-state index in [-0.39, 0.29) is 0 Å². The molecule has 0 aromatic rings. The van der Waals surface area contributed by atoms with Gasteiger partial charge in [-0.2, -0.15) is 0 Å². The van der Waals surface area contributed by atoms with Crippen LogP contribution in [0.1, 0.15) is 39.5 Å². The van der Waals surface area contributed by atoms with Gasteiger partial charge in [0.25, 0.3) is 0 Å². The van der Waals surface area contributed by atoms with E-state index in [2.05, 4.69) is 0 Å². The highest BCUT2D eigenvalue weighted by atomic mass is 16.6. The molecule has 0 aromatic heterocycles. The fourth-order valence-electron chi connectivity index (χ4n) is 1.49. The zero-order valence-electron chi connectivity index (χ0n) is 10.0. The molecule has 0 bridgehead atoms. The molecule has 0 amide bonds. The second-order valence-corrected chi connectivity index (χ2v) is 4.02. The number of unbranched alkanes of at least 4 members (excludes halogenated alkanes) is 2. The molecule has 0 radical (unpaired) electrons. The first-order chi connectivity index (χ1) is 7.72. The normalized spacial score (nSPS) is 24.6. The Morgan fingerprint density at radius 1 is 0.875 bits per heavy atom. The van der Waals surface area contributed by atoms with Crippen LogP contribution in [0.15, 0.2) is 0 Å². The van der Waals surface area contributed by atoms with Gasteiger partial charge >= 0.3 is 0 Å². The maximum atomic E-state index is 11.2. The average molecular weight is 228 g/mol. The summed E-state index contributed by atoms with van der Waals surface area (Å²) in [5, 5.41) is 0. The molecule has 0 aromatic carbocycles. The van der Waals surface area contributed by atoms with Crippen molar-refractivity contribution in [2.24, 2.45) is 0 Å². The highest BCUT2D eigenvalue weighted by Crippen LogP contribution is 2.20. The van der Waals surface area contributed by atoms with E-state index in [9.17, 15) is 9.59 Å². The molecular weight excluding hydrogens is 208 g/mol. The number of carbonyl (C=O) groups is 2. The van der Waals surface area contributed by atoms with E-state index in [4.69, 9.17) is 9.47 Å². The molecule has 2 unspecified atom stereocenters. The molecule has 0 saturated heterocycles. The van der Waals surface area contributed by atoms with Crippen LogP contribution < -0.4 is 0 Å². The maximum Gasteiger partial charge on any atom is 0.233 e. The Hall–Kier alpha value is -0.740. The van der Waals surface area contributed by atoms with Gasteiger partial charge in [-0.15, -0.1) is 0 Å². The minimum atomic E-state index is -0.643. The molecule has 1 saturated carbocycles. The predicted octanol–water partition coefficient (Wildman–Crippen LogP) is 1.51. The lowest BCUT2D eigenvalue weighted by atomic mass is 9.88. The van der Waals surface area contributed by atoms with Crippen molar-refractivity contribution in [3.8, 4) is 0 Å². The van der Waals surface area contributed by atoms with Gasteiger partial charge in [0, 0.05) is 13.2 Å². The summed E-state index contributed by atoms with van der Waals surface area (Å²) < 4.78 is 10.7. The van der Waals surface area contributed by atoms with Crippen LogP contribution in [0.5, 0.6) is 0 Å². The molecule has 1 aliphatic rings. The third-order valence-corrected chi connectivity index (χ3v) is 2.63. The Kier molecular flexibility index (Phi) is 5.63. The smallest absolute Gasteiger partial charge is 0.233 e. The van der Waals surface area contributed by atoms with E-state index < -0.39 is 23.8 Å². The quantitative estimate of drug-likeness (QED) is 0.467. The number of hydrogen-bond donors (Lipinski definition) is 0. The van der Waals surface area contributed by atoms with E-state index in [1.807, 2.05) is 13.8 Å². The Bertz CT molecular complexity index is 223. The van der Waals surface area contributed by atoms with E-state index >= 15 is 0 Å². The fourth-order valence-corrected chi connectivity index (χ4v) is 1.49. The SMILES string of the molecule is CCCCOC1C(=O)C(=O)C1OCCCC. The summed E-state index contributed by atoms with van der Waals surface area (Å²) in [6, 6.07) is 0. The Morgan fingerprint density at radius 3 is 1.56 bits per heavy atom. The number of ether oxygens (including phenoxy) is 2. The topological polar surface area (TPSA) is 52.6 Å². The average Bonchev–Trinajstić information content (AvgIpc) is 2.31. The van der Waals surface area contributed by atoms with Crippen LogP contribution in [0.2, 0.25) is 0 Å². The second-order valence-electron chi connectivity index (χ2n) is 4.02. The first-order valence-corrected chi connectivity index (χ1v) is 6.03. The van der Waals surface area contributed by atoms with Gasteiger partial charge in [0.05, 0.1) is 0 Å². The Labute approximate surface area is 96.3 Å². The lowest BCUT2D eigenvalue weighted by Crippen LogP contribution is -2.60. The van der Waals surface area contributed by atoms with Crippen LogP contribution in [0, 0.1) is 0 Å². The van der Waals surface area contributed by atoms with Crippen molar-refractivity contribution < 1.29 is 19.1 Å². The molecule has 1 aliphatic carbocycles. The standard InChI is InChI=1S/C12H20O4/c1-3-5-7-15-11-9(13)10(14)12(11)16-8-6-4-2/h11-12H,3-8H2,1-2H3. The van der Waals surface area contributed by atoms with Crippen LogP contribution in [0.3, 0.4) is 0 Å². The van der Waals surface area contributed by atoms with Gasteiger partial charge in [-0.05, 0) is 12.8 Å². The molecule has 0 heterocycles. The van der Waals surface area contributed by atoms with Gasteiger partial charge in [-0.3, -0.25) is 9.59 Å². The number of ketones is 2. The molecule has 2 atom stereocenters. The first-order valence-electron chi connectivity index (χ1n) is 6.03. The molecule has 0 N–H and O–H groups in total. The van der Waals surface area contributed by atoms with Crippen LogP contribution in [0.4, 0.5) is 0 Å². The minimum absolute atomic E-state index is 0.433. The molecule has 16 heavy (non-hydrogen) atoms. The molecule has 92 valence electrons. The number of Topliss-reactive ketones (excluding diaryl/α,β-unsaturated/α-hetero) is 2. The Balaban J connectivity index is 2.30. The summed E-state index contributed by atoms with van der Waals surface area (Å²) in [5.74, 6) is -0.866. The van der Waals surface area contributed by atoms with E-state index in [1.165, 1.54) is 0 Å². The fraction of sp³-hybridized carbons (Fsp3) is 0.833. The van der Waals surface area contributed by atoms with E-state index in [0.717, 1.165) is 25.7 Å². The third kappa shape index (κ3) is 3.12. The molecule has 0 aliphatic heterocycles. The minimum Gasteiger partial charge on any atom is -0.367 e. The summed E-state index contributed by atoms with van der Waals surface area (Å²) in [4.78, 5) is 22.5. The molecule has 0 spiro atoms. The summed E-state index contributed by atoms with van der Waals surface area (Å²) in [7, 11) is 0. The van der Waals surface area contributed by atoms with Crippen molar-refractivity contribution in [1.29, 1.82) is 0 Å². The Morgan fingerprint density at radius 2 is 1.25 bits per heavy atom. The summed E-state index contributed by atoms with van der Waals surface area (Å²) in [5.41, 5.74) is 0. The maximum absolute atomic E-state index is 11.2. The van der Waals surface area contributed by atoms with Crippen molar-refractivity contribution in [2.45, 2.75) is 51.7 Å². The highest BCUT2D eigenvalue weighted by Gasteiger charge is 2.50. The van der Waals surface area contributed by atoms with Gasteiger partial charge in [-0.25, -0.2) is 0 Å². The molecular formula is C12H20O4. The summed E-state index contributed by atoms with van der Waals surface area (Å²) >= 11 is 0. The van der Waals surface area contributed by atoms with E-state index in [0.29, 0.717) is 13.2 Å². The predicted molar refractivity (Wildman–Crippen MR) is 59.3 cm³/mol. The highest BCUT2D eigenvalue weighted by molar-refractivity contribution is 6.48. The lowest BCUT2D eigenvalue weighted by Gasteiger charge is -2.32. The zero-order chi connectivity index (χ0) is 12.0. The lowest BCUT2D eigenvalue weighted by molar-refractivity contribution is -0.176. The van der Waals surface area contributed by atoms with Gasteiger partial charge in [0.1, 0.15) is 0 Å². The van der Waals surface area contributed by atoms with Gasteiger partial charge in [0.15, 0.2) is 12.2 Å². The second kappa shape index (κ2) is 6.76. The van der Waals surface area contributed by atoms with Gasteiger partial charge < -0.3 is 9.47 Å². The zero-order valence-corrected chi connectivity index (χ0v) is 10.0. The molecule has 4 heteroatoms. The number of rotatable bonds is 8. The van der Waals surface area contributed by atoms with Crippen LogP contribution in [-0.2, 0) is 19.1 Å². The van der Waals surface area contributed by atoms with Crippen molar-refractivity contribution in [3.63, 3.8) is 0 Å². The summed E-state index contributed by atoms with van der Waals surface area (Å²) in [6.07, 6.45) is 2.54. The van der Waals surface area contributed by atoms with Gasteiger partial charge in [0.2, 0.25) is 11.6 Å². The number of hydrogen-bond acceptors (Lipinski definition) is 4. The largest absolute Gasteiger partial charge is 0.367 e. The van der Waals surface area contributed by atoms with Crippen molar-refractivity contribution in [2.75, 3.05) is 13.2 Å². The van der Waals surface area contributed by atoms with E-state index in [1.54, 1.807) is 0 Å². The third-order valence-electron chi connectivity index (χ3n) is 2.63. The van der Waals surface area contributed by atoms with Crippen molar-refractivity contribution >= 4 is 11.6 Å². The summed E-state index contributed by atoms with van der Waals surface area (Å²) in [6.45, 7) is 5.14. The monoisotopic (exact) mass is 228 g/mol. The molecule has 4 nitrogen and oxygen atoms in total. The van der Waals surface area contributed by atoms with Crippen LogP contribution in [-0.4, -0.2) is 37.0 Å². The van der Waals surface area contributed by atoms with Crippen LogP contribution in [0.25, 0.3) is 0 Å². The number of carbonyl (C=O) groups excluding carboxylic acids is 2. The van der Waals surface area contributed by atoms with Gasteiger partial charge in [-0.1, -0.05) is 26.7 Å². The molecule has 1 rings (SSSR count). The van der Waals surface area contributed by atoms with Crippen LogP contribution >= 0.6 is 0 Å². The molecule has 1 fully saturated rings. The van der Waals surface area contributed by atoms with Crippen molar-refractivity contribution in [1.82, 2.24) is 0 Å². The van der Waals surface area contributed by atoms with Crippen molar-refractivity contribution in [3.05, 3.63) is 0 Å².